The smallest absolute Gasteiger partial charge is 0.113 e. The molecule has 0 amide bonds. The average Bonchev–Trinajstić information content (AvgIpc) is 2.87. The summed E-state index contributed by atoms with van der Waals surface area (Å²) in [6.07, 6.45) is 2.60. The van der Waals surface area contributed by atoms with Crippen molar-refractivity contribution < 1.29 is 0 Å². The molecule has 0 saturated carbocycles. The Kier molecular flexibility index (Phi) is 4.21. The van der Waals surface area contributed by atoms with Gasteiger partial charge in [0.05, 0.1) is 11.2 Å². The van der Waals surface area contributed by atoms with Crippen molar-refractivity contribution in [3.05, 3.63) is 45.4 Å². The van der Waals surface area contributed by atoms with Crippen molar-refractivity contribution >= 4 is 32.7 Å². The van der Waals surface area contributed by atoms with Gasteiger partial charge in [-0.1, -0.05) is 24.3 Å². The Morgan fingerprint density at radius 1 is 1.47 bits per heavy atom. The molecule has 0 N–H and O–H groups in total. The van der Waals surface area contributed by atoms with Gasteiger partial charge in [-0.2, -0.15) is 0 Å². The van der Waals surface area contributed by atoms with Gasteiger partial charge in [0, 0.05) is 10.2 Å². The summed E-state index contributed by atoms with van der Waals surface area (Å²) < 4.78 is 2.42. The Hall–Kier alpha value is -1.82. The highest BCUT2D eigenvalue weighted by Crippen LogP contribution is 2.22. The lowest BCUT2D eigenvalue weighted by Crippen LogP contribution is -1.99. The molecule has 0 atom stereocenters. The van der Waals surface area contributed by atoms with E-state index in [1.807, 2.05) is 37.3 Å². The molecule has 19 heavy (non-hydrogen) atoms. The molecule has 0 aliphatic rings. The molecular formula is C13H13BrN4O. The molecule has 6 heteroatoms. The Morgan fingerprint density at radius 3 is 2.89 bits per heavy atom. The zero-order valence-corrected chi connectivity index (χ0v) is 12.3. The van der Waals surface area contributed by atoms with Crippen molar-refractivity contribution in [3.8, 4) is 0 Å². The molecule has 0 unspecified atom stereocenters. The predicted molar refractivity (Wildman–Crippen MR) is 79.5 cm³/mol. The van der Waals surface area contributed by atoms with Gasteiger partial charge in [0.2, 0.25) is 0 Å². The van der Waals surface area contributed by atoms with Crippen molar-refractivity contribution in [2.45, 2.75) is 20.3 Å². The molecule has 1 aromatic carbocycles. The first-order chi connectivity index (χ1) is 9.17. The number of hydrogen-bond acceptors (Lipinski definition) is 4. The van der Waals surface area contributed by atoms with Gasteiger partial charge < -0.3 is 0 Å². The Labute approximate surface area is 119 Å². The van der Waals surface area contributed by atoms with Crippen LogP contribution in [0.2, 0.25) is 0 Å². The predicted octanol–water partition coefficient (Wildman–Crippen LogP) is 4.08. The molecule has 0 saturated heterocycles. The SMILES string of the molecule is CC/C(=C\C(Br)=C(/C)N=O)n1nnc2ccccc21. The fourth-order valence-electron chi connectivity index (χ4n) is 1.69. The lowest BCUT2D eigenvalue weighted by atomic mass is 10.2. The summed E-state index contributed by atoms with van der Waals surface area (Å²) in [6, 6.07) is 7.74. The van der Waals surface area contributed by atoms with E-state index in [4.69, 9.17) is 0 Å². The summed E-state index contributed by atoms with van der Waals surface area (Å²) >= 11 is 3.34. The second-order valence-corrected chi connectivity index (χ2v) is 4.86. The normalized spacial score (nSPS) is 13.5. The van der Waals surface area contributed by atoms with Crippen LogP contribution in [0.15, 0.2) is 45.7 Å². The Balaban J connectivity index is 2.54. The Morgan fingerprint density at radius 2 is 2.21 bits per heavy atom. The van der Waals surface area contributed by atoms with Crippen LogP contribution in [0, 0.1) is 4.91 Å². The molecule has 5 nitrogen and oxygen atoms in total. The van der Waals surface area contributed by atoms with Gasteiger partial charge in [0.15, 0.2) is 0 Å². The minimum Gasteiger partial charge on any atom is -0.217 e. The van der Waals surface area contributed by atoms with E-state index in [1.54, 1.807) is 11.6 Å². The number of allylic oxidation sites excluding steroid dienone is 4. The average molecular weight is 321 g/mol. The van der Waals surface area contributed by atoms with Gasteiger partial charge in [-0.15, -0.1) is 10.0 Å². The van der Waals surface area contributed by atoms with Crippen LogP contribution >= 0.6 is 15.9 Å². The van der Waals surface area contributed by atoms with Gasteiger partial charge in [0.1, 0.15) is 5.52 Å². The maximum atomic E-state index is 10.5. The summed E-state index contributed by atoms with van der Waals surface area (Å²) in [7, 11) is 0. The van der Waals surface area contributed by atoms with E-state index < -0.39 is 0 Å². The minimum absolute atomic E-state index is 0.398. The van der Waals surface area contributed by atoms with E-state index in [-0.39, 0.29) is 0 Å². The molecule has 0 aliphatic carbocycles. The third-order valence-corrected chi connectivity index (χ3v) is 3.56. The van der Waals surface area contributed by atoms with Crippen molar-refractivity contribution in [1.29, 1.82) is 0 Å². The molecule has 2 rings (SSSR count). The lowest BCUT2D eigenvalue weighted by Gasteiger charge is -2.05. The quantitative estimate of drug-likeness (QED) is 0.630. The number of para-hydroxylation sites is 1. The second-order valence-electron chi connectivity index (χ2n) is 4.00. The second kappa shape index (κ2) is 5.88. The van der Waals surface area contributed by atoms with Crippen LogP contribution in [0.25, 0.3) is 16.7 Å². The molecular weight excluding hydrogens is 308 g/mol. The van der Waals surface area contributed by atoms with E-state index in [0.717, 1.165) is 23.2 Å². The van der Waals surface area contributed by atoms with Gasteiger partial charge in [-0.25, -0.2) is 4.68 Å². The molecule has 2 aromatic rings. The summed E-state index contributed by atoms with van der Waals surface area (Å²) in [5.41, 5.74) is 3.11. The molecule has 0 aliphatic heterocycles. The van der Waals surface area contributed by atoms with E-state index in [9.17, 15) is 4.91 Å². The lowest BCUT2D eigenvalue weighted by molar-refractivity contribution is 0.815. The van der Waals surface area contributed by atoms with Crippen LogP contribution in [0.4, 0.5) is 0 Å². The highest BCUT2D eigenvalue weighted by molar-refractivity contribution is 9.11. The van der Waals surface area contributed by atoms with Gasteiger partial charge in [-0.05, 0) is 52.7 Å². The molecule has 0 fully saturated rings. The molecule has 0 bridgehead atoms. The number of rotatable bonds is 4. The molecule has 0 radical (unpaired) electrons. The van der Waals surface area contributed by atoms with E-state index in [1.165, 1.54) is 0 Å². The van der Waals surface area contributed by atoms with Crippen molar-refractivity contribution in [2.24, 2.45) is 5.18 Å². The summed E-state index contributed by atoms with van der Waals surface area (Å²) in [5, 5.41) is 11.2. The molecule has 1 aromatic heterocycles. The number of fused-ring (bicyclic) bond motifs is 1. The maximum Gasteiger partial charge on any atom is 0.113 e. The topological polar surface area (TPSA) is 60.1 Å². The number of hydrogen-bond donors (Lipinski definition) is 0. The van der Waals surface area contributed by atoms with E-state index >= 15 is 0 Å². The zero-order valence-electron chi connectivity index (χ0n) is 10.7. The highest BCUT2D eigenvalue weighted by Gasteiger charge is 2.08. The first-order valence-electron chi connectivity index (χ1n) is 5.88. The first kappa shape index (κ1) is 13.6. The summed E-state index contributed by atoms with van der Waals surface area (Å²) in [5.74, 6) is 0. The molecule has 98 valence electrons. The largest absolute Gasteiger partial charge is 0.217 e. The van der Waals surface area contributed by atoms with Crippen LogP contribution in [0.5, 0.6) is 0 Å². The molecule has 0 spiro atoms. The van der Waals surface area contributed by atoms with Crippen molar-refractivity contribution in [1.82, 2.24) is 15.0 Å². The fraction of sp³-hybridized carbons (Fsp3) is 0.231. The van der Waals surface area contributed by atoms with Crippen LogP contribution in [0.3, 0.4) is 0 Å². The monoisotopic (exact) mass is 320 g/mol. The third-order valence-electron chi connectivity index (χ3n) is 2.76. The Bertz CT molecular complexity index is 672. The zero-order chi connectivity index (χ0) is 13.8. The van der Waals surface area contributed by atoms with Gasteiger partial charge in [0.25, 0.3) is 0 Å². The van der Waals surface area contributed by atoms with E-state index in [0.29, 0.717) is 10.2 Å². The van der Waals surface area contributed by atoms with Crippen molar-refractivity contribution in [2.75, 3.05) is 0 Å². The van der Waals surface area contributed by atoms with Crippen LogP contribution < -0.4 is 0 Å². The van der Waals surface area contributed by atoms with Crippen molar-refractivity contribution in [3.63, 3.8) is 0 Å². The number of nitroso groups, excluding NO2 is 1. The summed E-state index contributed by atoms with van der Waals surface area (Å²) in [4.78, 5) is 10.5. The number of aromatic nitrogens is 3. The van der Waals surface area contributed by atoms with Gasteiger partial charge >= 0.3 is 0 Å². The first-order valence-corrected chi connectivity index (χ1v) is 6.67. The number of nitrogens with zero attached hydrogens (tertiary/aromatic N) is 4. The number of halogens is 1. The van der Waals surface area contributed by atoms with E-state index in [2.05, 4.69) is 31.4 Å². The fourth-order valence-corrected chi connectivity index (χ4v) is 2.03. The highest BCUT2D eigenvalue weighted by atomic mass is 79.9. The van der Waals surface area contributed by atoms with Crippen LogP contribution in [-0.2, 0) is 0 Å². The van der Waals surface area contributed by atoms with Crippen LogP contribution in [-0.4, -0.2) is 15.0 Å². The molecule has 1 heterocycles. The number of benzene rings is 1. The minimum atomic E-state index is 0.398. The van der Waals surface area contributed by atoms with Gasteiger partial charge in [-0.3, -0.25) is 0 Å². The summed E-state index contributed by atoms with van der Waals surface area (Å²) in [6.45, 7) is 3.67. The maximum absolute atomic E-state index is 10.5. The third kappa shape index (κ3) is 2.78. The standard InChI is InChI=1S/C13H13BrN4O/c1-3-10(8-11(14)9(2)16-19)18-13-7-5-4-6-12(13)15-17-18/h4-8H,3H2,1-2H3/b10-8+,11-9-. The van der Waals surface area contributed by atoms with Crippen LogP contribution in [0.1, 0.15) is 20.3 Å².